The van der Waals surface area contributed by atoms with Crippen LogP contribution < -0.4 is 0 Å². The first kappa shape index (κ1) is 16.4. The standard InChI is InChI=1S/C19H25ClN2O2/c1-12(2)16-11-24-19-6-7-21(17(19)9-18(23)22(16)19)10-14-4-5-15(20)8-13(14)3/h4-5,8,12,16-17H,6-7,9-11H2,1-3H3/t16-,17+,19-/m0/s1. The van der Waals surface area contributed by atoms with Crippen molar-refractivity contribution in [1.82, 2.24) is 9.80 Å². The summed E-state index contributed by atoms with van der Waals surface area (Å²) in [6, 6.07) is 6.45. The first-order valence-corrected chi connectivity index (χ1v) is 9.25. The second kappa shape index (κ2) is 5.72. The van der Waals surface area contributed by atoms with E-state index in [9.17, 15) is 4.79 Å². The van der Waals surface area contributed by atoms with Crippen molar-refractivity contribution >= 4 is 17.5 Å². The summed E-state index contributed by atoms with van der Waals surface area (Å²) in [5.41, 5.74) is 2.10. The van der Waals surface area contributed by atoms with Crippen LogP contribution in [0.1, 0.15) is 37.8 Å². The van der Waals surface area contributed by atoms with Crippen molar-refractivity contribution in [3.05, 3.63) is 34.3 Å². The molecule has 1 amide bonds. The molecule has 24 heavy (non-hydrogen) atoms. The normalized spacial score (nSPS) is 32.7. The van der Waals surface area contributed by atoms with E-state index in [2.05, 4.69) is 36.6 Å². The molecular weight excluding hydrogens is 324 g/mol. The van der Waals surface area contributed by atoms with Gasteiger partial charge in [-0.3, -0.25) is 9.69 Å². The fourth-order valence-corrected chi connectivity index (χ4v) is 4.93. The highest BCUT2D eigenvalue weighted by molar-refractivity contribution is 6.30. The maximum Gasteiger partial charge on any atom is 0.226 e. The smallest absolute Gasteiger partial charge is 0.226 e. The van der Waals surface area contributed by atoms with Gasteiger partial charge in [-0.1, -0.05) is 31.5 Å². The van der Waals surface area contributed by atoms with Crippen molar-refractivity contribution in [2.75, 3.05) is 13.2 Å². The van der Waals surface area contributed by atoms with Crippen LogP contribution in [-0.2, 0) is 16.1 Å². The molecule has 0 radical (unpaired) electrons. The Bertz CT molecular complexity index is 677. The van der Waals surface area contributed by atoms with Crippen LogP contribution in [0.2, 0.25) is 5.02 Å². The molecule has 3 fully saturated rings. The molecule has 0 N–H and O–H groups in total. The van der Waals surface area contributed by atoms with Gasteiger partial charge in [-0.15, -0.1) is 0 Å². The highest BCUT2D eigenvalue weighted by Crippen LogP contribution is 2.49. The Kier molecular flexibility index (Phi) is 3.90. The number of ether oxygens (including phenoxy) is 1. The van der Waals surface area contributed by atoms with E-state index in [0.29, 0.717) is 18.9 Å². The van der Waals surface area contributed by atoms with Crippen LogP contribution in [0.3, 0.4) is 0 Å². The third-order valence-corrected chi connectivity index (χ3v) is 6.28. The summed E-state index contributed by atoms with van der Waals surface area (Å²) in [6.45, 7) is 8.95. The van der Waals surface area contributed by atoms with E-state index in [0.717, 1.165) is 24.5 Å². The van der Waals surface area contributed by atoms with Gasteiger partial charge in [0.05, 0.1) is 18.7 Å². The number of halogens is 1. The van der Waals surface area contributed by atoms with E-state index in [1.165, 1.54) is 11.1 Å². The number of nitrogens with zero attached hydrogens (tertiary/aromatic N) is 2. The van der Waals surface area contributed by atoms with Crippen molar-refractivity contribution in [1.29, 1.82) is 0 Å². The largest absolute Gasteiger partial charge is 0.352 e. The minimum Gasteiger partial charge on any atom is -0.352 e. The highest BCUT2D eigenvalue weighted by Gasteiger charge is 2.64. The Balaban J connectivity index is 1.59. The van der Waals surface area contributed by atoms with Crippen molar-refractivity contribution in [3.8, 4) is 0 Å². The maximum atomic E-state index is 12.7. The number of aryl methyl sites for hydroxylation is 1. The van der Waals surface area contributed by atoms with E-state index in [-0.39, 0.29) is 23.7 Å². The summed E-state index contributed by atoms with van der Waals surface area (Å²) in [7, 11) is 0. The quantitative estimate of drug-likeness (QED) is 0.841. The van der Waals surface area contributed by atoms with E-state index >= 15 is 0 Å². The van der Waals surface area contributed by atoms with Gasteiger partial charge in [0.1, 0.15) is 0 Å². The lowest BCUT2D eigenvalue weighted by Crippen LogP contribution is -2.50. The van der Waals surface area contributed by atoms with Crippen LogP contribution in [0, 0.1) is 12.8 Å². The number of hydrogen-bond donors (Lipinski definition) is 0. The first-order valence-electron chi connectivity index (χ1n) is 8.87. The number of amides is 1. The molecule has 4 nitrogen and oxygen atoms in total. The van der Waals surface area contributed by atoms with Crippen LogP contribution in [0.4, 0.5) is 0 Å². The van der Waals surface area contributed by atoms with Gasteiger partial charge in [-0.2, -0.15) is 0 Å². The highest BCUT2D eigenvalue weighted by atomic mass is 35.5. The van der Waals surface area contributed by atoms with Crippen molar-refractivity contribution in [3.63, 3.8) is 0 Å². The van der Waals surface area contributed by atoms with Crippen molar-refractivity contribution in [2.24, 2.45) is 5.92 Å². The minimum atomic E-state index is -0.383. The van der Waals surface area contributed by atoms with Gasteiger partial charge < -0.3 is 9.64 Å². The monoisotopic (exact) mass is 348 g/mol. The predicted octanol–water partition coefficient (Wildman–Crippen LogP) is 3.21. The van der Waals surface area contributed by atoms with E-state index in [1.807, 2.05) is 12.1 Å². The van der Waals surface area contributed by atoms with E-state index in [1.54, 1.807) is 0 Å². The molecule has 0 aliphatic carbocycles. The van der Waals surface area contributed by atoms with Crippen molar-refractivity contribution in [2.45, 2.75) is 58.0 Å². The van der Waals surface area contributed by atoms with Gasteiger partial charge >= 0.3 is 0 Å². The third kappa shape index (κ3) is 2.31. The molecule has 3 atom stereocenters. The molecule has 3 heterocycles. The Labute approximate surface area is 148 Å². The van der Waals surface area contributed by atoms with Crippen LogP contribution >= 0.6 is 11.6 Å². The first-order chi connectivity index (χ1) is 11.4. The van der Waals surface area contributed by atoms with E-state index < -0.39 is 0 Å². The summed E-state index contributed by atoms with van der Waals surface area (Å²) in [5.74, 6) is 0.688. The van der Waals surface area contributed by atoms with Crippen LogP contribution in [-0.4, -0.2) is 46.7 Å². The molecule has 3 aliphatic heterocycles. The molecule has 0 unspecified atom stereocenters. The lowest BCUT2D eigenvalue weighted by molar-refractivity contribution is -0.139. The summed E-state index contributed by atoms with van der Waals surface area (Å²) < 4.78 is 6.29. The SMILES string of the molecule is Cc1cc(Cl)ccc1CN1CC[C@@]23OC[C@@H](C(C)C)N2C(=O)C[C@@H]13. The topological polar surface area (TPSA) is 32.8 Å². The van der Waals surface area contributed by atoms with E-state index in [4.69, 9.17) is 16.3 Å². The molecular formula is C19H25ClN2O2. The number of likely N-dealkylation sites (tertiary alicyclic amines) is 1. The fraction of sp³-hybridized carbons (Fsp3) is 0.632. The molecule has 1 aromatic carbocycles. The minimum absolute atomic E-state index is 0.170. The Morgan fingerprint density at radius 1 is 1.42 bits per heavy atom. The van der Waals surface area contributed by atoms with Crippen molar-refractivity contribution < 1.29 is 9.53 Å². The summed E-state index contributed by atoms with van der Waals surface area (Å²) in [6.07, 6.45) is 1.50. The summed E-state index contributed by atoms with van der Waals surface area (Å²) >= 11 is 6.07. The lowest BCUT2D eigenvalue weighted by Gasteiger charge is -2.34. The van der Waals surface area contributed by atoms with Gasteiger partial charge in [-0.05, 0) is 36.1 Å². The lowest BCUT2D eigenvalue weighted by atomic mass is 10.0. The van der Waals surface area contributed by atoms with Gasteiger partial charge in [0.15, 0.2) is 5.72 Å². The Morgan fingerprint density at radius 2 is 2.21 bits per heavy atom. The fourth-order valence-electron chi connectivity index (χ4n) is 4.70. The predicted molar refractivity (Wildman–Crippen MR) is 93.8 cm³/mol. The zero-order valence-corrected chi connectivity index (χ0v) is 15.3. The summed E-state index contributed by atoms with van der Waals surface area (Å²) in [4.78, 5) is 17.2. The van der Waals surface area contributed by atoms with Gasteiger partial charge in [0.2, 0.25) is 5.91 Å². The summed E-state index contributed by atoms with van der Waals surface area (Å²) in [5, 5.41) is 0.773. The molecule has 3 saturated heterocycles. The Hall–Kier alpha value is -1.10. The average molecular weight is 349 g/mol. The molecule has 3 aliphatic rings. The van der Waals surface area contributed by atoms with Crippen LogP contribution in [0.15, 0.2) is 18.2 Å². The van der Waals surface area contributed by atoms with Gasteiger partial charge in [-0.25, -0.2) is 0 Å². The number of hydrogen-bond acceptors (Lipinski definition) is 3. The average Bonchev–Trinajstić information content (AvgIpc) is 3.13. The molecule has 0 saturated carbocycles. The van der Waals surface area contributed by atoms with Crippen LogP contribution in [0.5, 0.6) is 0 Å². The zero-order chi connectivity index (χ0) is 17.1. The molecule has 0 bridgehead atoms. The number of carbonyl (C=O) groups is 1. The Morgan fingerprint density at radius 3 is 2.92 bits per heavy atom. The molecule has 1 aromatic rings. The molecule has 1 spiro atoms. The zero-order valence-electron chi connectivity index (χ0n) is 14.6. The van der Waals surface area contributed by atoms with Gasteiger partial charge in [0.25, 0.3) is 0 Å². The maximum absolute atomic E-state index is 12.7. The molecule has 4 rings (SSSR count). The number of benzene rings is 1. The third-order valence-electron chi connectivity index (χ3n) is 6.05. The molecule has 0 aromatic heterocycles. The molecule has 130 valence electrons. The number of rotatable bonds is 3. The van der Waals surface area contributed by atoms with Gasteiger partial charge in [0, 0.05) is 31.0 Å². The van der Waals surface area contributed by atoms with Crippen LogP contribution in [0.25, 0.3) is 0 Å². The molecule has 5 heteroatoms. The second-order valence-electron chi connectivity index (χ2n) is 7.74. The number of carbonyl (C=O) groups excluding carboxylic acids is 1. The second-order valence-corrected chi connectivity index (χ2v) is 8.18.